The Morgan fingerprint density at radius 1 is 1.03 bits per heavy atom. The predicted octanol–water partition coefficient (Wildman–Crippen LogP) is 7.21. The third-order valence-electron chi connectivity index (χ3n) is 9.70. The first-order chi connectivity index (χ1) is 14.9. The minimum absolute atomic E-state index is 0.0664. The van der Waals surface area contributed by atoms with Crippen molar-refractivity contribution in [2.75, 3.05) is 13.2 Å². The van der Waals surface area contributed by atoms with Gasteiger partial charge < -0.3 is 14.2 Å². The third-order valence-corrected chi connectivity index (χ3v) is 9.70. The van der Waals surface area contributed by atoms with Gasteiger partial charge in [0.25, 0.3) is 0 Å². The molecule has 5 aliphatic rings. The first kappa shape index (κ1) is 23.1. The van der Waals surface area contributed by atoms with E-state index >= 15 is 0 Å². The maximum absolute atomic E-state index is 6.62. The number of hydrogen-bond donors (Lipinski definition) is 0. The van der Waals surface area contributed by atoms with E-state index in [0.717, 1.165) is 32.0 Å². The van der Waals surface area contributed by atoms with Crippen LogP contribution >= 0.6 is 0 Å². The summed E-state index contributed by atoms with van der Waals surface area (Å²) in [6.07, 6.45) is 14.9. The second kappa shape index (κ2) is 7.43. The lowest BCUT2D eigenvalue weighted by Crippen LogP contribution is -2.54. The molecular weight excluding hydrogens is 396 g/mol. The van der Waals surface area contributed by atoms with Crippen molar-refractivity contribution in [3.8, 4) is 0 Å². The average molecular weight is 443 g/mol. The van der Waals surface area contributed by atoms with Gasteiger partial charge >= 0.3 is 0 Å². The highest BCUT2D eigenvalue weighted by Crippen LogP contribution is 2.65. The molecule has 3 heteroatoms. The fraction of sp³-hybridized carbons (Fsp3) is 0.862. The van der Waals surface area contributed by atoms with Crippen LogP contribution in [0.4, 0.5) is 0 Å². The molecular formula is C29H46O3. The highest BCUT2D eigenvalue weighted by atomic mass is 16.7. The van der Waals surface area contributed by atoms with Crippen LogP contribution in [0, 0.1) is 28.1 Å². The Bertz CT molecular complexity index is 805. The Morgan fingerprint density at radius 3 is 2.41 bits per heavy atom. The summed E-state index contributed by atoms with van der Waals surface area (Å²) in [6.45, 7) is 17.7. The highest BCUT2D eigenvalue weighted by Gasteiger charge is 2.59. The van der Waals surface area contributed by atoms with Crippen molar-refractivity contribution in [3.63, 3.8) is 0 Å². The molecule has 5 atom stereocenters. The zero-order valence-electron chi connectivity index (χ0n) is 21.7. The molecule has 3 nitrogen and oxygen atoms in total. The second-order valence-corrected chi connectivity index (χ2v) is 13.6. The maximum Gasteiger partial charge on any atom is 0.172 e. The van der Waals surface area contributed by atoms with Gasteiger partial charge in [0.2, 0.25) is 0 Å². The number of ether oxygens (including phenoxy) is 3. The van der Waals surface area contributed by atoms with Crippen LogP contribution in [0.1, 0.15) is 99.8 Å². The molecule has 32 heavy (non-hydrogen) atoms. The van der Waals surface area contributed by atoms with Gasteiger partial charge in [0.1, 0.15) is 0 Å². The van der Waals surface area contributed by atoms with Crippen molar-refractivity contribution < 1.29 is 14.2 Å². The summed E-state index contributed by atoms with van der Waals surface area (Å²) < 4.78 is 19.5. The van der Waals surface area contributed by atoms with E-state index in [0.29, 0.717) is 12.0 Å². The minimum atomic E-state index is -0.379. The van der Waals surface area contributed by atoms with Crippen LogP contribution in [-0.4, -0.2) is 30.7 Å². The summed E-state index contributed by atoms with van der Waals surface area (Å²) in [7, 11) is 0. The van der Waals surface area contributed by atoms with Gasteiger partial charge in [-0.2, -0.15) is 0 Å². The predicted molar refractivity (Wildman–Crippen MR) is 129 cm³/mol. The van der Waals surface area contributed by atoms with Crippen LogP contribution < -0.4 is 0 Å². The Balaban J connectivity index is 1.41. The van der Waals surface area contributed by atoms with Gasteiger partial charge in [-0.3, -0.25) is 0 Å². The van der Waals surface area contributed by atoms with E-state index in [2.05, 4.69) is 60.6 Å². The van der Waals surface area contributed by atoms with Crippen molar-refractivity contribution in [2.24, 2.45) is 28.1 Å². The van der Waals surface area contributed by atoms with Gasteiger partial charge in [-0.25, -0.2) is 0 Å². The number of allylic oxidation sites excluding steroid dienone is 3. The highest BCUT2D eigenvalue weighted by molar-refractivity contribution is 5.41. The van der Waals surface area contributed by atoms with Crippen LogP contribution in [0.15, 0.2) is 23.3 Å². The lowest BCUT2D eigenvalue weighted by Gasteiger charge is -2.57. The molecule has 5 rings (SSSR count). The summed E-state index contributed by atoms with van der Waals surface area (Å²) in [4.78, 5) is 0. The van der Waals surface area contributed by atoms with E-state index in [4.69, 9.17) is 14.2 Å². The lowest BCUT2D eigenvalue weighted by molar-refractivity contribution is -0.308. The van der Waals surface area contributed by atoms with Gasteiger partial charge in [0.15, 0.2) is 5.79 Å². The number of hydrogen-bond acceptors (Lipinski definition) is 3. The topological polar surface area (TPSA) is 27.7 Å². The molecule has 1 aliphatic heterocycles. The molecule has 5 unspecified atom stereocenters. The van der Waals surface area contributed by atoms with Gasteiger partial charge in [-0.15, -0.1) is 0 Å². The van der Waals surface area contributed by atoms with E-state index < -0.39 is 0 Å². The Hall–Kier alpha value is -0.640. The smallest absolute Gasteiger partial charge is 0.172 e. The Kier molecular flexibility index (Phi) is 5.37. The normalized spacial score (nSPS) is 42.5. The summed E-state index contributed by atoms with van der Waals surface area (Å²) in [6, 6.07) is 0. The summed E-state index contributed by atoms with van der Waals surface area (Å²) in [5, 5.41) is 0. The largest absolute Gasteiger partial charge is 0.372 e. The molecule has 2 saturated carbocycles. The molecule has 3 fully saturated rings. The standard InChI is InChI=1S/C29H46O3/c1-8-28-15-16-29(30-18-26(5,6)19-31-29)17-20(28)9-10-21-22-11-12-24(32-25(2,3)4)27(22,7)14-13-23(21)28/h9,13,21-22,24H,8,10-12,14-19H2,1-7H3. The molecule has 0 N–H and O–H groups in total. The van der Waals surface area contributed by atoms with Gasteiger partial charge in [-0.05, 0) is 71.1 Å². The van der Waals surface area contributed by atoms with E-state index in [9.17, 15) is 0 Å². The van der Waals surface area contributed by atoms with Gasteiger partial charge in [-0.1, -0.05) is 51.0 Å². The monoisotopic (exact) mass is 442 g/mol. The number of fused-ring (bicyclic) bond motifs is 5. The summed E-state index contributed by atoms with van der Waals surface area (Å²) in [5.74, 6) is 1.05. The molecule has 0 aromatic rings. The summed E-state index contributed by atoms with van der Waals surface area (Å²) in [5.41, 5.74) is 3.95. The summed E-state index contributed by atoms with van der Waals surface area (Å²) >= 11 is 0. The van der Waals surface area contributed by atoms with Gasteiger partial charge in [0, 0.05) is 29.1 Å². The zero-order chi connectivity index (χ0) is 23.0. The van der Waals surface area contributed by atoms with Crippen molar-refractivity contribution >= 4 is 0 Å². The van der Waals surface area contributed by atoms with E-state index in [-0.39, 0.29) is 27.6 Å². The van der Waals surface area contributed by atoms with Crippen molar-refractivity contribution in [1.29, 1.82) is 0 Å². The quantitative estimate of drug-likeness (QED) is 0.423. The molecule has 0 amide bonds. The van der Waals surface area contributed by atoms with Crippen LogP contribution in [0.5, 0.6) is 0 Å². The Morgan fingerprint density at radius 2 is 1.75 bits per heavy atom. The second-order valence-electron chi connectivity index (χ2n) is 13.6. The molecule has 0 aromatic carbocycles. The fourth-order valence-electron chi connectivity index (χ4n) is 7.90. The molecule has 1 saturated heterocycles. The van der Waals surface area contributed by atoms with E-state index in [1.807, 2.05) is 0 Å². The van der Waals surface area contributed by atoms with Gasteiger partial charge in [0.05, 0.1) is 24.9 Å². The van der Waals surface area contributed by atoms with E-state index in [1.165, 1.54) is 38.5 Å². The molecule has 0 aromatic heterocycles. The molecule has 0 bridgehead atoms. The molecule has 1 heterocycles. The van der Waals surface area contributed by atoms with Crippen LogP contribution in [0.2, 0.25) is 0 Å². The zero-order valence-corrected chi connectivity index (χ0v) is 21.7. The van der Waals surface area contributed by atoms with Crippen molar-refractivity contribution in [2.45, 2.75) is 117 Å². The maximum atomic E-state index is 6.62. The first-order valence-corrected chi connectivity index (χ1v) is 13.3. The van der Waals surface area contributed by atoms with E-state index in [1.54, 1.807) is 11.1 Å². The molecule has 1 spiro atoms. The van der Waals surface area contributed by atoms with Crippen LogP contribution in [0.25, 0.3) is 0 Å². The molecule has 0 radical (unpaired) electrons. The van der Waals surface area contributed by atoms with Crippen molar-refractivity contribution in [1.82, 2.24) is 0 Å². The Labute approximate surface area is 196 Å². The van der Waals surface area contributed by atoms with Crippen LogP contribution in [0.3, 0.4) is 0 Å². The number of rotatable bonds is 2. The molecule has 4 aliphatic carbocycles. The molecule has 180 valence electrons. The lowest BCUT2D eigenvalue weighted by atomic mass is 9.50. The first-order valence-electron chi connectivity index (χ1n) is 13.3. The third kappa shape index (κ3) is 3.57. The SMILES string of the molecule is CCC12CCC3(CC1=CCC1C2=CCC2(C)C(OC(C)(C)C)CCC12)OCC(C)(C)CO3. The van der Waals surface area contributed by atoms with Crippen LogP contribution in [-0.2, 0) is 14.2 Å². The minimum Gasteiger partial charge on any atom is -0.372 e. The van der Waals surface area contributed by atoms with Crippen molar-refractivity contribution in [3.05, 3.63) is 23.3 Å². The fourth-order valence-corrected chi connectivity index (χ4v) is 7.90. The average Bonchev–Trinajstić information content (AvgIpc) is 3.05.